The highest BCUT2D eigenvalue weighted by Gasteiger charge is 2.03. The van der Waals surface area contributed by atoms with Gasteiger partial charge in [0.15, 0.2) is 0 Å². The highest BCUT2D eigenvalue weighted by Crippen LogP contribution is 2.20. The van der Waals surface area contributed by atoms with E-state index >= 15 is 0 Å². The van der Waals surface area contributed by atoms with Gasteiger partial charge in [0.25, 0.3) is 0 Å². The molecule has 1 aromatic heterocycles. The fraction of sp³-hybridized carbons (Fsp3) is 0.545. The number of carbonyl (C=O) groups excluding carboxylic acids is 1. The maximum absolute atomic E-state index is 11.4. The highest BCUT2D eigenvalue weighted by atomic mass is 35.5. The van der Waals surface area contributed by atoms with Crippen molar-refractivity contribution in [2.24, 2.45) is 0 Å². The number of rotatable bonds is 7. The molecule has 0 unspecified atom stereocenters. The zero-order valence-corrected chi connectivity index (χ0v) is 11.0. The van der Waals surface area contributed by atoms with Crippen LogP contribution in [-0.4, -0.2) is 25.5 Å². The predicted octanol–water partition coefficient (Wildman–Crippen LogP) is 2.06. The average Bonchev–Trinajstić information content (AvgIpc) is 2.68. The molecule has 0 atom stereocenters. The van der Waals surface area contributed by atoms with Crippen LogP contribution in [0, 0.1) is 0 Å². The van der Waals surface area contributed by atoms with Crippen LogP contribution < -0.4 is 10.6 Å². The maximum Gasteiger partial charge on any atom is 0.220 e. The lowest BCUT2D eigenvalue weighted by Gasteiger charge is -2.04. The summed E-state index contributed by atoms with van der Waals surface area (Å²) in [6, 6.07) is 1.91. The molecule has 0 saturated heterocycles. The van der Waals surface area contributed by atoms with Gasteiger partial charge in [0.2, 0.25) is 5.91 Å². The summed E-state index contributed by atoms with van der Waals surface area (Å²) in [5, 5.41) is 8.66. The van der Waals surface area contributed by atoms with E-state index in [0.717, 1.165) is 29.4 Å². The molecule has 0 saturated carbocycles. The summed E-state index contributed by atoms with van der Waals surface area (Å²) in [4.78, 5) is 12.6. The predicted molar refractivity (Wildman–Crippen MR) is 69.2 cm³/mol. The van der Waals surface area contributed by atoms with Crippen molar-refractivity contribution in [3.63, 3.8) is 0 Å². The molecule has 0 spiro atoms. The first-order valence-corrected chi connectivity index (χ1v) is 6.68. The SMILES string of the molecule is CCNCCNC(=O)CCc1cc(Cl)cs1. The topological polar surface area (TPSA) is 41.1 Å². The maximum atomic E-state index is 11.4. The van der Waals surface area contributed by atoms with Gasteiger partial charge in [0.1, 0.15) is 0 Å². The number of amides is 1. The van der Waals surface area contributed by atoms with Crippen molar-refractivity contribution in [2.75, 3.05) is 19.6 Å². The van der Waals surface area contributed by atoms with Crippen molar-refractivity contribution in [2.45, 2.75) is 19.8 Å². The second-order valence-corrected chi connectivity index (χ2v) is 4.87. The zero-order chi connectivity index (χ0) is 11.8. The van der Waals surface area contributed by atoms with Gasteiger partial charge in [0, 0.05) is 29.8 Å². The van der Waals surface area contributed by atoms with Gasteiger partial charge < -0.3 is 10.6 Å². The number of nitrogens with one attached hydrogen (secondary N) is 2. The first kappa shape index (κ1) is 13.5. The molecule has 1 rings (SSSR count). The number of aryl methyl sites for hydroxylation is 1. The molecule has 1 amide bonds. The van der Waals surface area contributed by atoms with Crippen LogP contribution in [-0.2, 0) is 11.2 Å². The Morgan fingerprint density at radius 1 is 1.50 bits per heavy atom. The Hall–Kier alpha value is -0.580. The van der Waals surface area contributed by atoms with Crippen LogP contribution in [0.2, 0.25) is 5.02 Å². The second-order valence-electron chi connectivity index (χ2n) is 3.43. The Bertz CT molecular complexity index is 328. The first-order valence-electron chi connectivity index (χ1n) is 5.42. The minimum atomic E-state index is 0.0995. The van der Waals surface area contributed by atoms with Gasteiger partial charge in [0.05, 0.1) is 5.02 Å². The molecule has 0 radical (unpaired) electrons. The smallest absolute Gasteiger partial charge is 0.220 e. The van der Waals surface area contributed by atoms with Gasteiger partial charge in [-0.3, -0.25) is 4.79 Å². The van der Waals surface area contributed by atoms with Crippen LogP contribution in [0.4, 0.5) is 0 Å². The Morgan fingerprint density at radius 3 is 2.94 bits per heavy atom. The van der Waals surface area contributed by atoms with E-state index in [1.165, 1.54) is 0 Å². The molecule has 2 N–H and O–H groups in total. The minimum absolute atomic E-state index is 0.0995. The normalized spacial score (nSPS) is 10.4. The van der Waals surface area contributed by atoms with Crippen LogP contribution >= 0.6 is 22.9 Å². The van der Waals surface area contributed by atoms with E-state index in [1.54, 1.807) is 11.3 Å². The highest BCUT2D eigenvalue weighted by molar-refractivity contribution is 7.10. The minimum Gasteiger partial charge on any atom is -0.355 e. The van der Waals surface area contributed by atoms with E-state index in [9.17, 15) is 4.79 Å². The van der Waals surface area contributed by atoms with Crippen LogP contribution in [0.3, 0.4) is 0 Å². The van der Waals surface area contributed by atoms with Crippen LogP contribution in [0.15, 0.2) is 11.4 Å². The summed E-state index contributed by atoms with van der Waals surface area (Å²) in [5.74, 6) is 0.0995. The molecule has 0 aliphatic rings. The van der Waals surface area contributed by atoms with Crippen molar-refractivity contribution in [3.05, 3.63) is 21.3 Å². The number of halogens is 1. The van der Waals surface area contributed by atoms with Gasteiger partial charge >= 0.3 is 0 Å². The van der Waals surface area contributed by atoms with Crippen molar-refractivity contribution in [1.29, 1.82) is 0 Å². The second kappa shape index (κ2) is 7.65. The number of hydrogen-bond donors (Lipinski definition) is 2. The average molecular weight is 261 g/mol. The van der Waals surface area contributed by atoms with Gasteiger partial charge in [-0.15, -0.1) is 11.3 Å². The zero-order valence-electron chi connectivity index (χ0n) is 9.38. The van der Waals surface area contributed by atoms with E-state index in [2.05, 4.69) is 10.6 Å². The molecule has 0 bridgehead atoms. The lowest BCUT2D eigenvalue weighted by Crippen LogP contribution is -2.31. The summed E-state index contributed by atoms with van der Waals surface area (Å²) >= 11 is 7.39. The number of hydrogen-bond acceptors (Lipinski definition) is 3. The third-order valence-corrected chi connectivity index (χ3v) is 3.44. The standard InChI is InChI=1S/C11H17ClN2OS/c1-2-13-5-6-14-11(15)4-3-10-7-9(12)8-16-10/h7-8,13H,2-6H2,1H3,(H,14,15). The number of thiophene rings is 1. The third kappa shape index (κ3) is 5.49. The molecule has 16 heavy (non-hydrogen) atoms. The largest absolute Gasteiger partial charge is 0.355 e. The van der Waals surface area contributed by atoms with Gasteiger partial charge in [-0.1, -0.05) is 18.5 Å². The van der Waals surface area contributed by atoms with Gasteiger partial charge in [-0.25, -0.2) is 0 Å². The third-order valence-electron chi connectivity index (χ3n) is 2.09. The molecular formula is C11H17ClN2OS. The molecule has 1 aromatic rings. The van der Waals surface area contributed by atoms with E-state index in [0.29, 0.717) is 13.0 Å². The van der Waals surface area contributed by atoms with Crippen molar-refractivity contribution >= 4 is 28.8 Å². The molecule has 5 heteroatoms. The molecule has 0 aliphatic heterocycles. The Balaban J connectivity index is 2.10. The van der Waals surface area contributed by atoms with Gasteiger partial charge in [-0.2, -0.15) is 0 Å². The van der Waals surface area contributed by atoms with Crippen molar-refractivity contribution in [3.8, 4) is 0 Å². The van der Waals surface area contributed by atoms with Crippen LogP contribution in [0.5, 0.6) is 0 Å². The quantitative estimate of drug-likeness (QED) is 0.737. The fourth-order valence-corrected chi connectivity index (χ4v) is 2.35. The Morgan fingerprint density at radius 2 is 2.31 bits per heavy atom. The molecular weight excluding hydrogens is 244 g/mol. The summed E-state index contributed by atoms with van der Waals surface area (Å²) < 4.78 is 0. The summed E-state index contributed by atoms with van der Waals surface area (Å²) in [7, 11) is 0. The molecule has 90 valence electrons. The molecule has 0 aromatic carbocycles. The summed E-state index contributed by atoms with van der Waals surface area (Å²) in [5.41, 5.74) is 0. The van der Waals surface area contributed by atoms with Crippen LogP contribution in [0.25, 0.3) is 0 Å². The van der Waals surface area contributed by atoms with Gasteiger partial charge in [-0.05, 0) is 19.0 Å². The number of carbonyl (C=O) groups is 1. The van der Waals surface area contributed by atoms with Crippen LogP contribution in [0.1, 0.15) is 18.2 Å². The summed E-state index contributed by atoms with van der Waals surface area (Å²) in [6.45, 7) is 4.50. The van der Waals surface area contributed by atoms with E-state index in [4.69, 9.17) is 11.6 Å². The molecule has 0 aliphatic carbocycles. The number of likely N-dealkylation sites (N-methyl/N-ethyl adjacent to an activating group) is 1. The Kier molecular flexibility index (Phi) is 6.45. The Labute approximate surface area is 105 Å². The van der Waals surface area contributed by atoms with Crippen molar-refractivity contribution < 1.29 is 4.79 Å². The lowest BCUT2D eigenvalue weighted by molar-refractivity contribution is -0.121. The molecule has 0 fully saturated rings. The lowest BCUT2D eigenvalue weighted by atomic mass is 10.2. The van der Waals surface area contributed by atoms with E-state index in [1.807, 2.05) is 18.4 Å². The monoisotopic (exact) mass is 260 g/mol. The molecule has 1 heterocycles. The molecule has 3 nitrogen and oxygen atoms in total. The summed E-state index contributed by atoms with van der Waals surface area (Å²) in [6.07, 6.45) is 1.30. The van der Waals surface area contributed by atoms with E-state index < -0.39 is 0 Å². The fourth-order valence-electron chi connectivity index (χ4n) is 1.28. The van der Waals surface area contributed by atoms with E-state index in [-0.39, 0.29) is 5.91 Å². The first-order chi connectivity index (χ1) is 7.72. The van der Waals surface area contributed by atoms with Crippen molar-refractivity contribution in [1.82, 2.24) is 10.6 Å².